The van der Waals surface area contributed by atoms with Gasteiger partial charge in [0.25, 0.3) is 0 Å². The monoisotopic (exact) mass is 175 g/mol. The van der Waals surface area contributed by atoms with Crippen molar-refractivity contribution in [1.82, 2.24) is 0 Å². The molecule has 1 unspecified atom stereocenters. The van der Waals surface area contributed by atoms with Crippen molar-refractivity contribution in [3.63, 3.8) is 0 Å². The first kappa shape index (κ1) is 8.13. The molecule has 1 aromatic rings. The summed E-state index contributed by atoms with van der Waals surface area (Å²) in [5.41, 5.74) is 6.81. The predicted octanol–water partition coefficient (Wildman–Crippen LogP) is -0.257. The smallest absolute Gasteiger partial charge is 0.181 e. The second-order valence-electron chi connectivity index (χ2n) is 3.02. The normalized spacial score (nSPS) is 20.2. The lowest BCUT2D eigenvalue weighted by Crippen LogP contribution is -2.24. The summed E-state index contributed by atoms with van der Waals surface area (Å²) in [7, 11) is 0. The van der Waals surface area contributed by atoms with Crippen molar-refractivity contribution in [2.75, 3.05) is 6.54 Å². The SMILES string of the molecule is NCC1Cc2ccc[c]([Al])c2O1. The van der Waals surface area contributed by atoms with E-state index in [0.29, 0.717) is 6.54 Å². The summed E-state index contributed by atoms with van der Waals surface area (Å²) in [6.45, 7) is 0.596. The molecule has 0 amide bonds. The van der Waals surface area contributed by atoms with Gasteiger partial charge in [0.2, 0.25) is 0 Å². The average Bonchev–Trinajstić information content (AvgIpc) is 2.49. The molecule has 0 bridgehead atoms. The highest BCUT2D eigenvalue weighted by Crippen LogP contribution is 2.25. The molecule has 2 radical (unpaired) electrons. The molecule has 0 spiro atoms. The fourth-order valence-corrected chi connectivity index (χ4v) is 1.86. The van der Waals surface area contributed by atoms with Crippen molar-refractivity contribution >= 4 is 20.7 Å². The molecule has 3 heteroatoms. The Morgan fingerprint density at radius 1 is 1.58 bits per heavy atom. The lowest BCUT2D eigenvalue weighted by atomic mass is 10.1. The Morgan fingerprint density at radius 3 is 3.08 bits per heavy atom. The molecule has 0 saturated carbocycles. The van der Waals surface area contributed by atoms with Gasteiger partial charge in [-0.3, -0.25) is 0 Å². The highest BCUT2D eigenvalue weighted by atomic mass is 27.0. The Hall–Kier alpha value is -0.488. The predicted molar refractivity (Wildman–Crippen MR) is 49.0 cm³/mol. The zero-order valence-corrected chi connectivity index (χ0v) is 7.94. The van der Waals surface area contributed by atoms with Crippen molar-refractivity contribution in [2.24, 2.45) is 5.73 Å². The number of hydrogen-bond donors (Lipinski definition) is 1. The standard InChI is InChI=1S/C9H10NO.Al/c10-6-8-5-7-3-1-2-4-9(7)11-8;/h1-3,8H,5-6,10H2;. The molecule has 1 atom stereocenters. The Kier molecular flexibility index (Phi) is 2.10. The maximum atomic E-state index is 5.64. The largest absolute Gasteiger partial charge is 0.490 e. The number of hydrogen-bond acceptors (Lipinski definition) is 2. The van der Waals surface area contributed by atoms with E-state index in [2.05, 4.69) is 22.4 Å². The molecular weight excluding hydrogens is 165 g/mol. The number of fused-ring (bicyclic) bond motifs is 1. The van der Waals surface area contributed by atoms with Gasteiger partial charge in [0.1, 0.15) is 11.9 Å². The first-order valence-electron chi connectivity index (χ1n) is 4.05. The molecule has 2 N–H and O–H groups in total. The first-order chi connectivity index (χ1) is 5.81. The molecule has 1 aliphatic rings. The lowest BCUT2D eigenvalue weighted by Gasteiger charge is -2.08. The second-order valence-corrected chi connectivity index (χ2v) is 3.64. The van der Waals surface area contributed by atoms with Crippen molar-refractivity contribution in [1.29, 1.82) is 0 Å². The first-order valence-corrected chi connectivity index (χ1v) is 4.63. The second kappa shape index (κ2) is 3.10. The van der Waals surface area contributed by atoms with E-state index in [-0.39, 0.29) is 6.10 Å². The van der Waals surface area contributed by atoms with Crippen LogP contribution in [0.3, 0.4) is 0 Å². The van der Waals surface area contributed by atoms with Crippen LogP contribution in [0.5, 0.6) is 5.75 Å². The van der Waals surface area contributed by atoms with E-state index >= 15 is 0 Å². The van der Waals surface area contributed by atoms with Crippen LogP contribution in [0.15, 0.2) is 18.2 Å². The summed E-state index contributed by atoms with van der Waals surface area (Å²) >= 11 is 2.68. The van der Waals surface area contributed by atoms with Crippen molar-refractivity contribution in [2.45, 2.75) is 12.5 Å². The van der Waals surface area contributed by atoms with Crippen LogP contribution in [0.25, 0.3) is 0 Å². The zero-order chi connectivity index (χ0) is 8.55. The van der Waals surface area contributed by atoms with Crippen LogP contribution in [0.4, 0.5) is 0 Å². The molecule has 12 heavy (non-hydrogen) atoms. The summed E-state index contributed by atoms with van der Waals surface area (Å²) in [6, 6.07) is 6.17. The van der Waals surface area contributed by atoms with Crippen LogP contribution in [-0.2, 0) is 6.42 Å². The molecule has 1 heterocycles. The summed E-state index contributed by atoms with van der Waals surface area (Å²) in [6.07, 6.45) is 1.13. The van der Waals surface area contributed by atoms with Gasteiger partial charge >= 0.3 is 0 Å². The Labute approximate surface area is 80.1 Å². The molecule has 2 rings (SSSR count). The lowest BCUT2D eigenvalue weighted by molar-refractivity contribution is 0.243. The van der Waals surface area contributed by atoms with Gasteiger partial charge < -0.3 is 10.5 Å². The third-order valence-corrected chi connectivity index (χ3v) is 2.58. The number of para-hydroxylation sites is 1. The van der Waals surface area contributed by atoms with Gasteiger partial charge in [-0.2, -0.15) is 0 Å². The minimum Gasteiger partial charge on any atom is -0.490 e. The van der Waals surface area contributed by atoms with E-state index in [1.165, 1.54) is 5.56 Å². The summed E-state index contributed by atoms with van der Waals surface area (Å²) < 4.78 is 6.77. The van der Waals surface area contributed by atoms with E-state index in [1.807, 2.05) is 12.1 Å². The van der Waals surface area contributed by atoms with Crippen LogP contribution < -0.4 is 14.9 Å². The Bertz CT molecular complexity index is 301. The molecular formula is C9H10AlNO. The van der Waals surface area contributed by atoms with Crippen LogP contribution in [0.1, 0.15) is 5.56 Å². The molecule has 0 fully saturated rings. The van der Waals surface area contributed by atoms with Crippen molar-refractivity contribution < 1.29 is 4.74 Å². The van der Waals surface area contributed by atoms with Crippen LogP contribution in [0, 0.1) is 0 Å². The van der Waals surface area contributed by atoms with E-state index in [1.54, 1.807) is 0 Å². The van der Waals surface area contributed by atoms with Crippen LogP contribution in [0.2, 0.25) is 0 Å². The maximum Gasteiger partial charge on any atom is 0.181 e. The van der Waals surface area contributed by atoms with Crippen LogP contribution >= 0.6 is 0 Å². The summed E-state index contributed by atoms with van der Waals surface area (Å²) in [4.78, 5) is 0. The fraction of sp³-hybridized carbons (Fsp3) is 0.333. The third-order valence-electron chi connectivity index (χ3n) is 2.12. The summed E-state index contributed by atoms with van der Waals surface area (Å²) in [5, 5.41) is 0. The number of rotatable bonds is 1. The van der Waals surface area contributed by atoms with Gasteiger partial charge in [-0.05, 0) is 5.56 Å². The van der Waals surface area contributed by atoms with Gasteiger partial charge in [0.05, 0.1) is 0 Å². The minimum absolute atomic E-state index is 0.182. The maximum absolute atomic E-state index is 5.64. The van der Waals surface area contributed by atoms with Gasteiger partial charge in [-0.1, -0.05) is 22.6 Å². The molecule has 0 aliphatic carbocycles. The van der Waals surface area contributed by atoms with Gasteiger partial charge in [0, 0.05) is 13.0 Å². The van der Waals surface area contributed by atoms with Crippen molar-refractivity contribution in [3.8, 4) is 5.75 Å². The fourth-order valence-electron chi connectivity index (χ4n) is 1.49. The number of benzene rings is 1. The molecule has 1 aromatic carbocycles. The summed E-state index contributed by atoms with van der Waals surface area (Å²) in [5.74, 6) is 1.01. The van der Waals surface area contributed by atoms with E-state index in [0.717, 1.165) is 16.6 Å². The zero-order valence-electron chi connectivity index (χ0n) is 6.79. The third kappa shape index (κ3) is 1.25. The van der Waals surface area contributed by atoms with Crippen LogP contribution in [-0.4, -0.2) is 28.9 Å². The average molecular weight is 175 g/mol. The van der Waals surface area contributed by atoms with E-state index in [4.69, 9.17) is 10.5 Å². The quantitative estimate of drug-likeness (QED) is 0.597. The molecule has 2 nitrogen and oxygen atoms in total. The molecule has 0 aromatic heterocycles. The number of ether oxygens (including phenoxy) is 1. The minimum atomic E-state index is 0.182. The topological polar surface area (TPSA) is 35.2 Å². The highest BCUT2D eigenvalue weighted by Gasteiger charge is 2.21. The molecule has 60 valence electrons. The van der Waals surface area contributed by atoms with Crippen molar-refractivity contribution in [3.05, 3.63) is 23.8 Å². The highest BCUT2D eigenvalue weighted by molar-refractivity contribution is 6.34. The van der Waals surface area contributed by atoms with E-state index in [9.17, 15) is 0 Å². The van der Waals surface area contributed by atoms with Gasteiger partial charge in [-0.25, -0.2) is 0 Å². The Morgan fingerprint density at radius 2 is 2.42 bits per heavy atom. The van der Waals surface area contributed by atoms with Gasteiger partial charge in [-0.15, -0.1) is 0 Å². The Balaban J connectivity index is 2.35. The molecule has 1 aliphatic heterocycles. The molecule has 0 saturated heterocycles. The number of nitrogens with two attached hydrogens (primary N) is 1. The van der Waals surface area contributed by atoms with Gasteiger partial charge in [0.15, 0.2) is 16.3 Å². The van der Waals surface area contributed by atoms with E-state index < -0.39 is 0 Å².